The van der Waals surface area contributed by atoms with E-state index in [1.165, 1.54) is 23.1 Å². The molecule has 3 atom stereocenters. The lowest BCUT2D eigenvalue weighted by atomic mass is 9.85. The lowest BCUT2D eigenvalue weighted by Crippen LogP contribution is -2.57. The van der Waals surface area contributed by atoms with Crippen molar-refractivity contribution >= 4 is 64.1 Å². The molecule has 6 amide bonds. The number of β-amino-alcohol motifs (C(OH)–C–C–N with tert-alkyl or cyclic N) is 1. The highest BCUT2D eigenvalue weighted by Crippen LogP contribution is 2.35. The fourth-order valence-electron chi connectivity index (χ4n) is 9.38. The zero-order valence-corrected chi connectivity index (χ0v) is 42.3. The number of carbonyl (C=O) groups excluding carboxylic acids is 6. The van der Waals surface area contributed by atoms with Crippen LogP contribution in [0.2, 0.25) is 0 Å². The summed E-state index contributed by atoms with van der Waals surface area (Å²) in [6.07, 6.45) is 2.85. The van der Waals surface area contributed by atoms with Gasteiger partial charge >= 0.3 is 0 Å². The number of hydrogen-bond acceptors (Lipinski definition) is 11. The number of rotatable bonds is 19. The third kappa shape index (κ3) is 13.4. The van der Waals surface area contributed by atoms with Gasteiger partial charge in [0.15, 0.2) is 0 Å². The number of nitrogens with zero attached hydrogens (tertiary/aromatic N) is 4. The Hall–Kier alpha value is -6.28. The van der Waals surface area contributed by atoms with Crippen LogP contribution in [0.1, 0.15) is 97.0 Å². The number of piperazine rings is 1. The van der Waals surface area contributed by atoms with Crippen molar-refractivity contribution in [2.24, 2.45) is 5.41 Å². The molecule has 7 rings (SSSR count). The molecule has 2 aromatic heterocycles. The number of aryl methyl sites for hydroxylation is 2. The first-order valence-electron chi connectivity index (χ1n) is 24.4. The Morgan fingerprint density at radius 1 is 0.930 bits per heavy atom. The predicted octanol–water partition coefficient (Wildman–Crippen LogP) is 4.53. The van der Waals surface area contributed by atoms with E-state index in [-0.39, 0.29) is 62.0 Å². The van der Waals surface area contributed by atoms with Gasteiger partial charge in [-0.1, -0.05) is 45.0 Å². The van der Waals surface area contributed by atoms with Gasteiger partial charge in [-0.2, -0.15) is 0 Å². The number of nitrogens with one attached hydrogen (secondary N) is 6. The van der Waals surface area contributed by atoms with Crippen molar-refractivity contribution in [3.63, 3.8) is 0 Å². The number of likely N-dealkylation sites (tertiary alicyclic amines) is 1. The number of aliphatic hydroxyl groups excluding tert-OH is 1. The van der Waals surface area contributed by atoms with Crippen LogP contribution in [0.15, 0.2) is 48.0 Å². The minimum atomic E-state index is -0.925. The molecule has 71 heavy (non-hydrogen) atoms. The number of fused-ring (bicyclic) bond motifs is 1. The quantitative estimate of drug-likeness (QED) is 0.0514. The second kappa shape index (κ2) is 23.3. The molecule has 3 aliphatic heterocycles. The fraction of sp³-hybridized carbons (Fsp3) is 0.481. The Kier molecular flexibility index (Phi) is 17.2. The van der Waals surface area contributed by atoms with Crippen molar-refractivity contribution in [1.29, 1.82) is 0 Å². The van der Waals surface area contributed by atoms with E-state index < -0.39 is 35.3 Å². The van der Waals surface area contributed by atoms with Gasteiger partial charge in [-0.3, -0.25) is 33.7 Å². The Labute approximate surface area is 418 Å². The third-order valence-electron chi connectivity index (χ3n) is 13.4. The molecule has 7 N–H and O–H groups in total. The minimum Gasteiger partial charge on any atom is -0.391 e. The highest BCUT2D eigenvalue weighted by molar-refractivity contribution is 7.13. The number of aliphatic hydroxyl groups is 1. The zero-order valence-electron chi connectivity index (χ0n) is 41.5. The number of carbonyl (C=O) groups is 6. The molecule has 2 saturated heterocycles. The van der Waals surface area contributed by atoms with Gasteiger partial charge in [0.05, 0.1) is 39.9 Å². The summed E-state index contributed by atoms with van der Waals surface area (Å²) in [5.41, 5.74) is 7.87. The molecule has 380 valence electrons. The van der Waals surface area contributed by atoms with Crippen LogP contribution in [0.3, 0.4) is 0 Å². The van der Waals surface area contributed by atoms with Gasteiger partial charge in [0.2, 0.25) is 23.6 Å². The number of thiazole rings is 1. The molecule has 0 spiro atoms. The van der Waals surface area contributed by atoms with E-state index in [4.69, 9.17) is 0 Å². The van der Waals surface area contributed by atoms with Gasteiger partial charge < -0.3 is 46.5 Å². The van der Waals surface area contributed by atoms with Crippen molar-refractivity contribution in [2.45, 2.75) is 98.4 Å². The third-order valence-corrected chi connectivity index (χ3v) is 14.4. The maximum absolute atomic E-state index is 14.0. The van der Waals surface area contributed by atoms with Gasteiger partial charge in [0, 0.05) is 87.8 Å². The first kappa shape index (κ1) is 52.5. The first-order valence-corrected chi connectivity index (χ1v) is 25.3. The van der Waals surface area contributed by atoms with Crippen LogP contribution < -0.4 is 26.6 Å². The number of H-pyrrole nitrogens is 1. The van der Waals surface area contributed by atoms with Crippen LogP contribution in [0.5, 0.6) is 0 Å². The lowest BCUT2D eigenvalue weighted by Gasteiger charge is -2.35. The molecule has 19 heteroatoms. The smallest absolute Gasteiger partial charge is 0.256 e. The number of unbranched alkanes of at least 4 members (excludes halogenated alkanes) is 1. The highest BCUT2D eigenvalue weighted by atomic mass is 32.1. The number of anilines is 1. The second-order valence-corrected chi connectivity index (χ2v) is 20.7. The van der Waals surface area contributed by atoms with Crippen LogP contribution in [-0.2, 0) is 30.5 Å². The highest BCUT2D eigenvalue weighted by Gasteiger charge is 2.44. The van der Waals surface area contributed by atoms with E-state index in [1.54, 1.807) is 24.3 Å². The Balaban J connectivity index is 0.764. The molecule has 0 saturated carbocycles. The largest absolute Gasteiger partial charge is 0.391 e. The molecule has 5 heterocycles. The Morgan fingerprint density at radius 3 is 2.35 bits per heavy atom. The SMILES string of the molecule is Cc1ncsc1-c1ccc(CNC(=O)[C@@H]2C[C@@H](O)CN2C(=O)[C@@H](NC(=O)CCCCNC(=O)CN2CCN(CCCNC(=O)c3c(C)[nH]c(/C=C4\C(=O)Nc5ccc(F)cc54)c3C)CC2)C(C)(C)C)cc1. The van der Waals surface area contributed by atoms with Crippen LogP contribution in [-0.4, -0.2) is 142 Å². The molecular weight excluding hydrogens is 928 g/mol. The summed E-state index contributed by atoms with van der Waals surface area (Å²) in [6, 6.07) is 10.2. The van der Waals surface area contributed by atoms with Crippen molar-refractivity contribution in [2.75, 3.05) is 64.2 Å². The molecule has 0 unspecified atom stereocenters. The molecule has 0 radical (unpaired) electrons. The summed E-state index contributed by atoms with van der Waals surface area (Å²) in [6.45, 7) is 16.4. The number of amides is 6. The maximum atomic E-state index is 14.0. The van der Waals surface area contributed by atoms with E-state index in [1.807, 2.05) is 64.4 Å². The van der Waals surface area contributed by atoms with E-state index in [0.717, 1.165) is 60.8 Å². The summed E-state index contributed by atoms with van der Waals surface area (Å²) in [7, 11) is 0. The summed E-state index contributed by atoms with van der Waals surface area (Å²) in [5, 5.41) is 25.2. The summed E-state index contributed by atoms with van der Waals surface area (Å²) >= 11 is 1.57. The zero-order chi connectivity index (χ0) is 51.0. The van der Waals surface area contributed by atoms with Crippen LogP contribution in [0, 0.1) is 32.0 Å². The molecule has 0 bridgehead atoms. The topological polar surface area (TPSA) is 221 Å². The number of benzene rings is 2. The van der Waals surface area contributed by atoms with Gasteiger partial charge in [-0.15, -0.1) is 11.3 Å². The maximum Gasteiger partial charge on any atom is 0.256 e. The minimum absolute atomic E-state index is 0.00986. The van der Waals surface area contributed by atoms with Crippen molar-refractivity contribution in [1.82, 2.24) is 45.9 Å². The van der Waals surface area contributed by atoms with Crippen LogP contribution in [0.4, 0.5) is 10.1 Å². The standard InChI is InChI=1S/C52H67FN10O7S/c1-31-41(26-39-38-24-36(53)15-16-40(38)59-48(39)67)58-32(2)45(31)50(69)55-18-9-19-61-20-22-62(23-21-61)29-44(66)54-17-8-7-10-43(65)60-47(52(4,5)6)51(70)63-28-37(64)25-42(63)49(68)56-27-34-11-13-35(14-12-34)46-33(3)57-30-71-46/h11-16,24,26,30,37,42,47,58,64H,7-10,17-23,25,27-29H2,1-6H3,(H,54,66)(H,55,69)(H,56,68)(H,59,67)(H,60,65)/b39-26-/t37-,42+,47-/m1/s1. The average molecular weight is 995 g/mol. The van der Waals surface area contributed by atoms with E-state index in [9.17, 15) is 38.3 Å². The van der Waals surface area contributed by atoms with Crippen molar-refractivity contribution in [3.05, 3.63) is 93.1 Å². The first-order chi connectivity index (χ1) is 33.9. The number of aromatic nitrogens is 2. The molecule has 0 aliphatic carbocycles. The summed E-state index contributed by atoms with van der Waals surface area (Å²) < 4.78 is 14.0. The van der Waals surface area contributed by atoms with E-state index >= 15 is 0 Å². The normalized spacial score (nSPS) is 18.3. The second-order valence-electron chi connectivity index (χ2n) is 19.8. The number of halogens is 1. The van der Waals surface area contributed by atoms with Crippen molar-refractivity contribution < 1.29 is 38.3 Å². The van der Waals surface area contributed by atoms with Gasteiger partial charge in [-0.25, -0.2) is 9.37 Å². The Morgan fingerprint density at radius 2 is 1.65 bits per heavy atom. The monoisotopic (exact) mass is 994 g/mol. The van der Waals surface area contributed by atoms with Crippen LogP contribution >= 0.6 is 11.3 Å². The molecular formula is C52H67FN10O7S. The van der Waals surface area contributed by atoms with E-state index in [2.05, 4.69) is 46.4 Å². The van der Waals surface area contributed by atoms with Crippen molar-refractivity contribution in [3.8, 4) is 10.4 Å². The fourth-order valence-corrected chi connectivity index (χ4v) is 10.2. The predicted molar refractivity (Wildman–Crippen MR) is 272 cm³/mol. The van der Waals surface area contributed by atoms with Gasteiger partial charge in [-0.05, 0) is 93.0 Å². The number of hydrogen-bond donors (Lipinski definition) is 7. The van der Waals surface area contributed by atoms with Gasteiger partial charge in [0.25, 0.3) is 11.8 Å². The molecule has 2 fully saturated rings. The summed E-state index contributed by atoms with van der Waals surface area (Å²) in [4.78, 5) is 93.8. The molecule has 4 aromatic rings. The van der Waals surface area contributed by atoms with Gasteiger partial charge in [0.1, 0.15) is 17.9 Å². The molecule has 3 aliphatic rings. The lowest BCUT2D eigenvalue weighted by molar-refractivity contribution is -0.144. The molecule has 2 aromatic carbocycles. The van der Waals surface area contributed by atoms with E-state index in [0.29, 0.717) is 65.3 Å². The summed E-state index contributed by atoms with van der Waals surface area (Å²) in [5.74, 6) is -2.16. The number of aromatic amines is 1. The van der Waals surface area contributed by atoms with Crippen LogP contribution in [0.25, 0.3) is 22.1 Å². The molecule has 17 nitrogen and oxygen atoms in total. The Bertz CT molecular complexity index is 2630. The average Bonchev–Trinajstić information content (AvgIpc) is 4.09.